The average molecular weight is 330 g/mol. The van der Waals surface area contributed by atoms with Gasteiger partial charge in [0.15, 0.2) is 0 Å². The Morgan fingerprint density at radius 1 is 0.652 bits per heavy atom. The van der Waals surface area contributed by atoms with Gasteiger partial charge in [-0.25, -0.2) is 0 Å². The Morgan fingerprint density at radius 3 is 1.17 bits per heavy atom. The highest BCUT2D eigenvalue weighted by molar-refractivity contribution is 5.63. The van der Waals surface area contributed by atoms with Crippen molar-refractivity contribution in [2.45, 2.75) is 117 Å². The molecule has 0 amide bonds. The summed E-state index contributed by atoms with van der Waals surface area (Å²) in [5.41, 5.74) is 3.49. The molecule has 0 unspecified atom stereocenters. The molecule has 0 atom stereocenters. The van der Waals surface area contributed by atoms with Gasteiger partial charge in [-0.05, 0) is 19.8 Å². The maximum atomic E-state index is 10.2. The lowest BCUT2D eigenvalue weighted by Crippen LogP contribution is -2.48. The van der Waals surface area contributed by atoms with E-state index in [0.717, 1.165) is 19.4 Å². The van der Waals surface area contributed by atoms with Gasteiger partial charge in [-0.1, -0.05) is 96.8 Å². The lowest BCUT2D eigenvalue weighted by molar-refractivity contribution is -0.361. The maximum absolute atomic E-state index is 10.2. The summed E-state index contributed by atoms with van der Waals surface area (Å²) < 4.78 is 0. The molecular weight excluding hydrogens is 286 g/mol. The van der Waals surface area contributed by atoms with E-state index in [2.05, 4.69) is 12.7 Å². The van der Waals surface area contributed by atoms with Crippen molar-refractivity contribution in [2.75, 3.05) is 6.54 Å². The van der Waals surface area contributed by atoms with Gasteiger partial charge in [-0.15, -0.1) is 0 Å². The molecule has 0 radical (unpaired) electrons. The molecule has 0 rings (SSSR count). The van der Waals surface area contributed by atoms with Crippen LogP contribution in [0.4, 0.5) is 0 Å². The van der Waals surface area contributed by atoms with Crippen LogP contribution in [0.5, 0.6) is 0 Å². The molecular formula is C20H43NO2. The van der Waals surface area contributed by atoms with E-state index in [-0.39, 0.29) is 6.42 Å². The fraction of sp³-hybridized carbons (Fsp3) is 0.950. The van der Waals surface area contributed by atoms with Crippen LogP contribution in [0, 0.1) is 0 Å². The number of hydrogen-bond acceptors (Lipinski definition) is 2. The Kier molecular flexibility index (Phi) is 25.4. The van der Waals surface area contributed by atoms with Crippen LogP contribution in [-0.4, -0.2) is 12.5 Å². The van der Waals surface area contributed by atoms with Gasteiger partial charge >= 0.3 is 0 Å². The van der Waals surface area contributed by atoms with Crippen molar-refractivity contribution in [1.82, 2.24) is 0 Å². The number of carboxylic acids is 1. The monoisotopic (exact) mass is 329 g/mol. The molecule has 0 saturated carbocycles. The van der Waals surface area contributed by atoms with E-state index in [1.165, 1.54) is 83.5 Å². The summed E-state index contributed by atoms with van der Waals surface area (Å²) >= 11 is 0. The van der Waals surface area contributed by atoms with E-state index < -0.39 is 5.97 Å². The van der Waals surface area contributed by atoms with Gasteiger partial charge in [-0.3, -0.25) is 0 Å². The van der Waals surface area contributed by atoms with Crippen molar-refractivity contribution in [3.63, 3.8) is 0 Å². The first-order valence-electron chi connectivity index (χ1n) is 10.2. The van der Waals surface area contributed by atoms with Crippen molar-refractivity contribution in [3.05, 3.63) is 0 Å². The first kappa shape index (κ1) is 24.7. The Bertz CT molecular complexity index is 220. The van der Waals surface area contributed by atoms with Crippen LogP contribution in [-0.2, 0) is 4.79 Å². The number of hydrogen-bond donors (Lipinski definition) is 1. The SMILES string of the molecule is CCCCCCCCCCCCCCCCCC(=O)[O-].CC[NH3+]. The van der Waals surface area contributed by atoms with Crippen LogP contribution >= 0.6 is 0 Å². The van der Waals surface area contributed by atoms with E-state index >= 15 is 0 Å². The van der Waals surface area contributed by atoms with E-state index in [1.54, 1.807) is 0 Å². The molecule has 0 fully saturated rings. The lowest BCUT2D eigenvalue weighted by Gasteiger charge is -2.04. The fourth-order valence-corrected chi connectivity index (χ4v) is 2.64. The van der Waals surface area contributed by atoms with Gasteiger partial charge in [-0.2, -0.15) is 0 Å². The molecule has 0 aromatic heterocycles. The first-order chi connectivity index (χ1) is 11.2. The van der Waals surface area contributed by atoms with Gasteiger partial charge < -0.3 is 15.6 Å². The highest BCUT2D eigenvalue weighted by Crippen LogP contribution is 2.13. The Morgan fingerprint density at radius 2 is 0.913 bits per heavy atom. The van der Waals surface area contributed by atoms with Crippen molar-refractivity contribution < 1.29 is 15.6 Å². The third-order valence-electron chi connectivity index (χ3n) is 3.98. The van der Waals surface area contributed by atoms with Gasteiger partial charge in [0.05, 0.1) is 6.54 Å². The highest BCUT2D eigenvalue weighted by Gasteiger charge is 1.94. The molecule has 0 bridgehead atoms. The largest absolute Gasteiger partial charge is 0.550 e. The Labute approximate surface area is 145 Å². The topological polar surface area (TPSA) is 67.8 Å². The summed E-state index contributed by atoms with van der Waals surface area (Å²) in [4.78, 5) is 10.2. The summed E-state index contributed by atoms with van der Waals surface area (Å²) in [5.74, 6) is -0.903. The number of rotatable bonds is 16. The van der Waals surface area contributed by atoms with Gasteiger partial charge in [0.1, 0.15) is 0 Å². The van der Waals surface area contributed by atoms with Crippen LogP contribution in [0.2, 0.25) is 0 Å². The summed E-state index contributed by atoms with van der Waals surface area (Å²) in [5, 5.41) is 10.2. The second kappa shape index (κ2) is 23.7. The number of carbonyl (C=O) groups excluding carboxylic acids is 1. The zero-order chi connectivity index (χ0) is 17.6. The quantitative estimate of drug-likeness (QED) is 0.430. The smallest absolute Gasteiger partial charge is 0.0711 e. The van der Waals surface area contributed by atoms with Gasteiger partial charge in [0.25, 0.3) is 0 Å². The minimum atomic E-state index is -0.903. The number of carboxylic acid groups (broad SMARTS) is 1. The number of carbonyl (C=O) groups is 1. The van der Waals surface area contributed by atoms with Crippen LogP contribution < -0.4 is 10.8 Å². The summed E-state index contributed by atoms with van der Waals surface area (Å²) in [6.07, 6.45) is 19.9. The standard InChI is InChI=1S/C18H36O2.C2H7N/c1-2-3-4-5-6-7-8-9-10-11-12-13-14-15-16-17-18(19)20;1-2-3/h2-17H2,1H3,(H,19,20);2-3H2,1H3. The molecule has 140 valence electrons. The normalized spacial score (nSPS) is 10.2. The Balaban J connectivity index is 0. The van der Waals surface area contributed by atoms with E-state index in [0.29, 0.717) is 0 Å². The van der Waals surface area contributed by atoms with Crippen LogP contribution in [0.25, 0.3) is 0 Å². The molecule has 3 nitrogen and oxygen atoms in total. The highest BCUT2D eigenvalue weighted by atomic mass is 16.4. The van der Waals surface area contributed by atoms with E-state index in [9.17, 15) is 9.90 Å². The molecule has 0 aromatic rings. The summed E-state index contributed by atoms with van der Waals surface area (Å²) in [6.45, 7) is 5.28. The molecule has 0 aliphatic heterocycles. The molecule has 0 aliphatic rings. The van der Waals surface area contributed by atoms with Crippen molar-refractivity contribution in [1.29, 1.82) is 0 Å². The second-order valence-electron chi connectivity index (χ2n) is 6.57. The second-order valence-corrected chi connectivity index (χ2v) is 6.57. The molecule has 0 saturated heterocycles. The maximum Gasteiger partial charge on any atom is 0.0711 e. The molecule has 0 heterocycles. The van der Waals surface area contributed by atoms with Gasteiger partial charge in [0.2, 0.25) is 0 Å². The molecule has 0 aliphatic carbocycles. The van der Waals surface area contributed by atoms with Crippen LogP contribution in [0.3, 0.4) is 0 Å². The van der Waals surface area contributed by atoms with E-state index in [1.807, 2.05) is 6.92 Å². The van der Waals surface area contributed by atoms with Crippen molar-refractivity contribution >= 4 is 5.97 Å². The minimum Gasteiger partial charge on any atom is -0.550 e. The number of unbranched alkanes of at least 4 members (excludes halogenated alkanes) is 14. The zero-order valence-electron chi connectivity index (χ0n) is 16.0. The van der Waals surface area contributed by atoms with Crippen LogP contribution in [0.1, 0.15) is 117 Å². The molecule has 3 heteroatoms. The third-order valence-corrected chi connectivity index (χ3v) is 3.98. The Hall–Kier alpha value is -0.570. The van der Waals surface area contributed by atoms with E-state index in [4.69, 9.17) is 0 Å². The third kappa shape index (κ3) is 30.0. The van der Waals surface area contributed by atoms with Gasteiger partial charge in [0, 0.05) is 5.97 Å². The average Bonchev–Trinajstić information content (AvgIpc) is 2.51. The lowest BCUT2D eigenvalue weighted by atomic mass is 10.0. The molecule has 23 heavy (non-hydrogen) atoms. The predicted molar refractivity (Wildman–Crippen MR) is 98.0 cm³/mol. The number of aliphatic carboxylic acids is 1. The van der Waals surface area contributed by atoms with Crippen molar-refractivity contribution in [3.8, 4) is 0 Å². The zero-order valence-corrected chi connectivity index (χ0v) is 16.0. The number of quaternary nitrogens is 1. The fourth-order valence-electron chi connectivity index (χ4n) is 2.64. The minimum absolute atomic E-state index is 0.234. The predicted octanol–water partition coefficient (Wildman–Crippen LogP) is 4.25. The van der Waals surface area contributed by atoms with Crippen molar-refractivity contribution in [2.24, 2.45) is 0 Å². The molecule has 0 spiro atoms. The molecule has 0 aromatic carbocycles. The van der Waals surface area contributed by atoms with Crippen LogP contribution in [0.15, 0.2) is 0 Å². The first-order valence-corrected chi connectivity index (χ1v) is 10.2. The molecule has 3 N–H and O–H groups in total. The summed E-state index contributed by atoms with van der Waals surface area (Å²) in [7, 11) is 0. The summed E-state index contributed by atoms with van der Waals surface area (Å²) in [6, 6.07) is 0.